The minimum atomic E-state index is -3.07. The summed E-state index contributed by atoms with van der Waals surface area (Å²) in [4.78, 5) is 15.1. The van der Waals surface area contributed by atoms with Crippen LogP contribution in [0.15, 0.2) is 31.6 Å². The zero-order chi connectivity index (χ0) is 17.6. The quantitative estimate of drug-likeness (QED) is 0.355. The number of aliphatic hydroxyl groups is 1. The fourth-order valence-corrected chi connectivity index (χ4v) is 2.88. The van der Waals surface area contributed by atoms with Crippen LogP contribution in [0.2, 0.25) is 0 Å². The standard InChI is InChI=1S/C14H13Br2F2NO4/c1-2-5-19-6-8(13(21)22)11(20)7-3-4-9(15)12(10(7)16)23-14(17)18/h3-4,6,14,20H,2,5H2,1H3,(H,21,22). The number of hydrogen-bond donors (Lipinski definition) is 2. The fraction of sp³-hybridized carbons (Fsp3) is 0.286. The van der Waals surface area contributed by atoms with Gasteiger partial charge in [-0.2, -0.15) is 8.78 Å². The van der Waals surface area contributed by atoms with Crippen molar-refractivity contribution in [1.29, 1.82) is 0 Å². The van der Waals surface area contributed by atoms with E-state index in [0.717, 1.165) is 6.21 Å². The maximum Gasteiger partial charge on any atom is 0.387 e. The Labute approximate surface area is 147 Å². The van der Waals surface area contributed by atoms with Crippen molar-refractivity contribution in [2.75, 3.05) is 6.54 Å². The molecule has 5 nitrogen and oxygen atoms in total. The molecule has 0 amide bonds. The fourth-order valence-electron chi connectivity index (χ4n) is 1.56. The number of carboxylic acid groups (broad SMARTS) is 1. The van der Waals surface area contributed by atoms with E-state index in [1.54, 1.807) is 0 Å². The molecule has 0 aromatic heterocycles. The van der Waals surface area contributed by atoms with Gasteiger partial charge in [0.1, 0.15) is 11.3 Å². The highest BCUT2D eigenvalue weighted by atomic mass is 79.9. The summed E-state index contributed by atoms with van der Waals surface area (Å²) >= 11 is 6.09. The van der Waals surface area contributed by atoms with E-state index < -0.39 is 23.9 Å². The number of rotatable bonds is 7. The molecular formula is C14H13Br2F2NO4. The van der Waals surface area contributed by atoms with E-state index in [-0.39, 0.29) is 20.3 Å². The lowest BCUT2D eigenvalue weighted by Crippen LogP contribution is -2.08. The van der Waals surface area contributed by atoms with Gasteiger partial charge in [-0.3, -0.25) is 4.99 Å². The zero-order valence-corrected chi connectivity index (χ0v) is 15.1. The van der Waals surface area contributed by atoms with Gasteiger partial charge >= 0.3 is 12.6 Å². The van der Waals surface area contributed by atoms with Crippen LogP contribution in [0.5, 0.6) is 5.75 Å². The summed E-state index contributed by atoms with van der Waals surface area (Å²) in [5.74, 6) is -2.26. The number of ether oxygens (including phenoxy) is 1. The summed E-state index contributed by atoms with van der Waals surface area (Å²) in [5, 5.41) is 19.4. The Morgan fingerprint density at radius 2 is 2.04 bits per heavy atom. The van der Waals surface area contributed by atoms with Crippen molar-refractivity contribution in [3.05, 3.63) is 32.2 Å². The van der Waals surface area contributed by atoms with Gasteiger partial charge in [0.15, 0.2) is 5.75 Å². The number of benzene rings is 1. The highest BCUT2D eigenvalue weighted by Gasteiger charge is 2.21. The van der Waals surface area contributed by atoms with Crippen LogP contribution in [0.3, 0.4) is 0 Å². The van der Waals surface area contributed by atoms with Crippen LogP contribution in [-0.4, -0.2) is 35.6 Å². The van der Waals surface area contributed by atoms with E-state index in [1.807, 2.05) is 6.92 Å². The molecule has 0 aliphatic rings. The Bertz CT molecular complexity index is 648. The van der Waals surface area contributed by atoms with Crippen LogP contribution in [0.1, 0.15) is 18.9 Å². The number of carbonyl (C=O) groups is 1. The Hall–Kier alpha value is -1.48. The smallest absolute Gasteiger partial charge is 0.387 e. The summed E-state index contributed by atoms with van der Waals surface area (Å²) in [7, 11) is 0. The number of halogens is 4. The molecule has 0 spiro atoms. The Morgan fingerprint density at radius 1 is 1.39 bits per heavy atom. The predicted octanol–water partition coefficient (Wildman–Crippen LogP) is 4.65. The third-order valence-electron chi connectivity index (χ3n) is 2.57. The SMILES string of the molecule is CCCN=CC(C(=O)O)=C(O)c1ccc(Br)c(OC(F)F)c1Br. The molecule has 126 valence electrons. The molecule has 0 aliphatic carbocycles. The first-order valence-corrected chi connectivity index (χ1v) is 7.97. The molecule has 0 radical (unpaired) electrons. The van der Waals surface area contributed by atoms with E-state index in [0.29, 0.717) is 13.0 Å². The topological polar surface area (TPSA) is 79.1 Å². The number of aliphatic hydroxyl groups excluding tert-OH is 1. The Morgan fingerprint density at radius 3 is 2.57 bits per heavy atom. The van der Waals surface area contributed by atoms with Gasteiger partial charge in [0.2, 0.25) is 0 Å². The first kappa shape index (κ1) is 19.6. The Balaban J connectivity index is 3.41. The molecule has 23 heavy (non-hydrogen) atoms. The predicted molar refractivity (Wildman–Crippen MR) is 89.3 cm³/mol. The number of nitrogens with zero attached hydrogens (tertiary/aromatic N) is 1. The van der Waals surface area contributed by atoms with Crippen molar-refractivity contribution in [3.63, 3.8) is 0 Å². The lowest BCUT2D eigenvalue weighted by molar-refractivity contribution is -0.132. The maximum absolute atomic E-state index is 12.5. The molecule has 2 N–H and O–H groups in total. The molecule has 0 unspecified atom stereocenters. The summed E-state index contributed by atoms with van der Waals surface area (Å²) in [6.07, 6.45) is 1.74. The molecule has 0 saturated heterocycles. The number of aliphatic carboxylic acids is 1. The van der Waals surface area contributed by atoms with E-state index >= 15 is 0 Å². The van der Waals surface area contributed by atoms with Crippen molar-refractivity contribution < 1.29 is 28.5 Å². The van der Waals surface area contributed by atoms with Gasteiger partial charge in [-0.25, -0.2) is 4.79 Å². The maximum atomic E-state index is 12.5. The second-order valence-electron chi connectivity index (χ2n) is 4.22. The Kier molecular flexibility index (Phi) is 7.63. The lowest BCUT2D eigenvalue weighted by Gasteiger charge is -2.13. The molecule has 0 bridgehead atoms. The highest BCUT2D eigenvalue weighted by Crippen LogP contribution is 2.39. The van der Waals surface area contributed by atoms with E-state index in [1.165, 1.54) is 12.1 Å². The van der Waals surface area contributed by atoms with Crippen LogP contribution in [0.25, 0.3) is 5.76 Å². The largest absolute Gasteiger partial charge is 0.506 e. The van der Waals surface area contributed by atoms with Crippen molar-refractivity contribution >= 4 is 49.8 Å². The van der Waals surface area contributed by atoms with Gasteiger partial charge in [-0.05, 0) is 50.4 Å². The zero-order valence-electron chi connectivity index (χ0n) is 11.9. The minimum absolute atomic E-state index is 0.00711. The van der Waals surface area contributed by atoms with Gasteiger partial charge in [-0.15, -0.1) is 0 Å². The van der Waals surface area contributed by atoms with E-state index in [4.69, 9.17) is 0 Å². The molecule has 0 aliphatic heterocycles. The molecule has 1 rings (SSSR count). The average molecular weight is 457 g/mol. The molecule has 0 atom stereocenters. The van der Waals surface area contributed by atoms with Crippen LogP contribution in [0.4, 0.5) is 8.78 Å². The first-order valence-electron chi connectivity index (χ1n) is 6.39. The van der Waals surface area contributed by atoms with Gasteiger partial charge in [-0.1, -0.05) is 6.92 Å². The monoisotopic (exact) mass is 455 g/mol. The van der Waals surface area contributed by atoms with Crippen LogP contribution in [-0.2, 0) is 4.79 Å². The third kappa shape index (κ3) is 5.28. The number of aliphatic imine (C=N–C) groups is 1. The molecule has 0 saturated carbocycles. The highest BCUT2D eigenvalue weighted by molar-refractivity contribution is 9.11. The van der Waals surface area contributed by atoms with Gasteiger partial charge in [0, 0.05) is 18.3 Å². The third-order valence-corrected chi connectivity index (χ3v) is 3.98. The lowest BCUT2D eigenvalue weighted by atomic mass is 10.1. The molecular weight excluding hydrogens is 444 g/mol. The van der Waals surface area contributed by atoms with Crippen LogP contribution >= 0.6 is 31.9 Å². The van der Waals surface area contributed by atoms with Crippen molar-refractivity contribution in [2.24, 2.45) is 4.99 Å². The second-order valence-corrected chi connectivity index (χ2v) is 5.87. The number of carboxylic acids is 1. The van der Waals surface area contributed by atoms with Crippen LogP contribution in [0, 0.1) is 0 Å². The van der Waals surface area contributed by atoms with Crippen LogP contribution < -0.4 is 4.74 Å². The van der Waals surface area contributed by atoms with Gasteiger partial charge in [0.05, 0.1) is 8.95 Å². The second kappa shape index (κ2) is 8.97. The first-order chi connectivity index (χ1) is 10.8. The van der Waals surface area contributed by atoms with Gasteiger partial charge < -0.3 is 14.9 Å². The van der Waals surface area contributed by atoms with Crippen molar-refractivity contribution in [2.45, 2.75) is 20.0 Å². The summed E-state index contributed by atoms with van der Waals surface area (Å²) < 4.78 is 29.5. The van der Waals surface area contributed by atoms with E-state index in [2.05, 4.69) is 41.6 Å². The minimum Gasteiger partial charge on any atom is -0.506 e. The molecule has 1 aromatic rings. The molecule has 0 fully saturated rings. The van der Waals surface area contributed by atoms with Gasteiger partial charge in [0.25, 0.3) is 0 Å². The summed E-state index contributed by atoms with van der Waals surface area (Å²) in [5.41, 5.74) is -0.464. The normalized spacial score (nSPS) is 12.6. The van der Waals surface area contributed by atoms with Crippen molar-refractivity contribution in [3.8, 4) is 5.75 Å². The van der Waals surface area contributed by atoms with Crippen molar-refractivity contribution in [1.82, 2.24) is 0 Å². The summed E-state index contributed by atoms with van der Waals surface area (Å²) in [6.45, 7) is -0.819. The van der Waals surface area contributed by atoms with E-state index in [9.17, 15) is 23.8 Å². The average Bonchev–Trinajstić information content (AvgIpc) is 2.47. The molecule has 0 heterocycles. The number of hydrogen-bond acceptors (Lipinski definition) is 4. The molecule has 1 aromatic carbocycles. The number of alkyl halides is 2. The summed E-state index contributed by atoms with van der Waals surface area (Å²) in [6, 6.07) is 2.72. The molecule has 9 heteroatoms.